The summed E-state index contributed by atoms with van der Waals surface area (Å²) < 4.78 is 5.79. The molecule has 1 unspecified atom stereocenters. The Balaban J connectivity index is 2.15. The summed E-state index contributed by atoms with van der Waals surface area (Å²) in [4.78, 5) is 11.8. The summed E-state index contributed by atoms with van der Waals surface area (Å²) in [5.74, 6) is 0.917. The van der Waals surface area contributed by atoms with Gasteiger partial charge in [-0.15, -0.1) is 0 Å². The predicted octanol–water partition coefficient (Wildman–Crippen LogP) is 3.38. The molecule has 0 aromatic heterocycles. The number of fused-ring (bicyclic) bond motifs is 1. The molecule has 1 atom stereocenters. The maximum atomic E-state index is 11.8. The zero-order valence-electron chi connectivity index (χ0n) is 9.69. The van der Waals surface area contributed by atoms with Crippen LogP contribution in [0.1, 0.15) is 37.0 Å². The van der Waals surface area contributed by atoms with E-state index in [2.05, 4.69) is 19.9 Å². The summed E-state index contributed by atoms with van der Waals surface area (Å²) in [6, 6.07) is 7.46. The monoisotopic (exact) mass is 216 g/mol. The summed E-state index contributed by atoms with van der Waals surface area (Å²) >= 11 is 0. The van der Waals surface area contributed by atoms with Gasteiger partial charge in [0.05, 0.1) is 5.56 Å². The molecule has 2 heteroatoms. The number of hydrogen-bond donors (Lipinski definition) is 0. The minimum absolute atomic E-state index is 0.00250. The molecule has 0 radical (unpaired) electrons. The highest BCUT2D eigenvalue weighted by molar-refractivity contribution is 5.99. The van der Waals surface area contributed by atoms with Crippen molar-refractivity contribution in [2.75, 3.05) is 0 Å². The Morgan fingerprint density at radius 2 is 2.19 bits per heavy atom. The lowest BCUT2D eigenvalue weighted by Crippen LogP contribution is -2.26. The second kappa shape index (κ2) is 4.52. The maximum Gasteiger partial charge on any atom is 0.170 e. The molecular formula is C14H16O2. The topological polar surface area (TPSA) is 26.3 Å². The molecule has 0 aliphatic carbocycles. The summed E-state index contributed by atoms with van der Waals surface area (Å²) in [6.07, 6.45) is 3.41. The largest absolute Gasteiger partial charge is 0.489 e. The van der Waals surface area contributed by atoms with Gasteiger partial charge in [0.1, 0.15) is 11.9 Å². The van der Waals surface area contributed by atoms with Gasteiger partial charge in [0.15, 0.2) is 5.78 Å². The number of para-hydroxylation sites is 1. The molecule has 1 aliphatic heterocycles. The number of rotatable bonds is 2. The zero-order valence-corrected chi connectivity index (χ0v) is 9.69. The minimum Gasteiger partial charge on any atom is -0.489 e. The van der Waals surface area contributed by atoms with E-state index in [1.807, 2.05) is 24.3 Å². The molecule has 2 rings (SSSR count). The Kier molecular flexibility index (Phi) is 3.09. The Hall–Kier alpha value is -1.57. The number of Topliss-reactive ketones (excluding diaryl/α,β-unsaturated/α-hetero) is 1. The van der Waals surface area contributed by atoms with Crippen LogP contribution < -0.4 is 4.74 Å². The third-order valence-corrected chi connectivity index (χ3v) is 2.68. The van der Waals surface area contributed by atoms with Gasteiger partial charge in [0, 0.05) is 12.8 Å². The first-order valence-electron chi connectivity index (χ1n) is 5.59. The third kappa shape index (κ3) is 2.32. The normalized spacial score (nSPS) is 18.6. The van der Waals surface area contributed by atoms with Crippen LogP contribution in [-0.4, -0.2) is 11.9 Å². The molecule has 84 valence electrons. The highest BCUT2D eigenvalue weighted by Gasteiger charge is 2.24. The van der Waals surface area contributed by atoms with Gasteiger partial charge in [0.2, 0.25) is 0 Å². The van der Waals surface area contributed by atoms with Crippen LogP contribution in [0.25, 0.3) is 0 Å². The molecule has 0 spiro atoms. The number of allylic oxidation sites excluding steroid dienone is 1. The Bertz CT molecular complexity index is 428. The lowest BCUT2D eigenvalue weighted by molar-refractivity contribution is 0.0854. The number of ether oxygens (including phenoxy) is 1. The Morgan fingerprint density at radius 1 is 1.44 bits per heavy atom. The van der Waals surface area contributed by atoms with Crippen LogP contribution in [-0.2, 0) is 0 Å². The van der Waals surface area contributed by atoms with Crippen LogP contribution in [0.2, 0.25) is 0 Å². The number of ketones is 1. The summed E-state index contributed by atoms with van der Waals surface area (Å²) in [6.45, 7) is 4.11. The van der Waals surface area contributed by atoms with E-state index in [1.54, 1.807) is 0 Å². The Labute approximate surface area is 95.9 Å². The number of carbonyl (C=O) groups excluding carboxylic acids is 1. The van der Waals surface area contributed by atoms with Gasteiger partial charge in [-0.05, 0) is 26.0 Å². The van der Waals surface area contributed by atoms with Crippen LogP contribution in [0.15, 0.2) is 35.9 Å². The van der Waals surface area contributed by atoms with Crippen molar-refractivity contribution in [2.45, 2.75) is 32.8 Å². The molecule has 1 heterocycles. The summed E-state index contributed by atoms with van der Waals surface area (Å²) in [5.41, 5.74) is 1.98. The van der Waals surface area contributed by atoms with Crippen molar-refractivity contribution in [2.24, 2.45) is 0 Å². The molecular weight excluding hydrogens is 200 g/mol. The van der Waals surface area contributed by atoms with Gasteiger partial charge in [-0.25, -0.2) is 0 Å². The first kappa shape index (κ1) is 10.9. The first-order valence-corrected chi connectivity index (χ1v) is 5.59. The fourth-order valence-corrected chi connectivity index (χ4v) is 1.84. The standard InChI is InChI=1S/C14H16O2/c1-10(2)7-8-11-9-13(15)12-5-3-4-6-14(12)16-11/h3-7,11H,8-9H2,1-2H3. The molecule has 0 saturated heterocycles. The fourth-order valence-electron chi connectivity index (χ4n) is 1.84. The minimum atomic E-state index is -0.00250. The SMILES string of the molecule is CC(C)=CCC1CC(=O)c2ccccc2O1. The summed E-state index contributed by atoms with van der Waals surface area (Å²) in [5, 5.41) is 0. The van der Waals surface area contributed by atoms with Crippen molar-refractivity contribution in [3.63, 3.8) is 0 Å². The maximum absolute atomic E-state index is 11.8. The van der Waals surface area contributed by atoms with Crippen molar-refractivity contribution < 1.29 is 9.53 Å². The molecule has 0 bridgehead atoms. The molecule has 16 heavy (non-hydrogen) atoms. The van der Waals surface area contributed by atoms with Gasteiger partial charge < -0.3 is 4.74 Å². The molecule has 2 nitrogen and oxygen atoms in total. The van der Waals surface area contributed by atoms with Crippen LogP contribution >= 0.6 is 0 Å². The van der Waals surface area contributed by atoms with Crippen molar-refractivity contribution >= 4 is 5.78 Å². The van der Waals surface area contributed by atoms with E-state index in [-0.39, 0.29) is 11.9 Å². The quantitative estimate of drug-likeness (QED) is 0.708. The van der Waals surface area contributed by atoms with Gasteiger partial charge in [0.25, 0.3) is 0 Å². The van der Waals surface area contributed by atoms with E-state index in [1.165, 1.54) is 5.57 Å². The highest BCUT2D eigenvalue weighted by atomic mass is 16.5. The summed E-state index contributed by atoms with van der Waals surface area (Å²) in [7, 11) is 0. The van der Waals surface area contributed by atoms with E-state index >= 15 is 0 Å². The molecule has 1 aliphatic rings. The van der Waals surface area contributed by atoms with E-state index < -0.39 is 0 Å². The van der Waals surface area contributed by atoms with E-state index in [9.17, 15) is 4.79 Å². The molecule has 1 aromatic rings. The smallest absolute Gasteiger partial charge is 0.170 e. The molecule has 0 saturated carbocycles. The lowest BCUT2D eigenvalue weighted by atomic mass is 9.98. The average molecular weight is 216 g/mol. The van der Waals surface area contributed by atoms with Crippen molar-refractivity contribution in [3.8, 4) is 5.75 Å². The van der Waals surface area contributed by atoms with Crippen molar-refractivity contribution in [1.82, 2.24) is 0 Å². The van der Waals surface area contributed by atoms with E-state index in [0.29, 0.717) is 6.42 Å². The van der Waals surface area contributed by atoms with E-state index in [0.717, 1.165) is 17.7 Å². The first-order chi connectivity index (χ1) is 7.66. The average Bonchev–Trinajstić information content (AvgIpc) is 2.26. The molecule has 1 aromatic carbocycles. The van der Waals surface area contributed by atoms with Gasteiger partial charge in [-0.2, -0.15) is 0 Å². The Morgan fingerprint density at radius 3 is 2.94 bits per heavy atom. The lowest BCUT2D eigenvalue weighted by Gasteiger charge is -2.24. The molecule has 0 fully saturated rings. The van der Waals surface area contributed by atoms with Gasteiger partial charge in [-0.1, -0.05) is 23.8 Å². The van der Waals surface area contributed by atoms with Crippen LogP contribution in [0.5, 0.6) is 5.75 Å². The zero-order chi connectivity index (χ0) is 11.5. The molecule has 0 amide bonds. The number of benzene rings is 1. The number of carbonyl (C=O) groups is 1. The van der Waals surface area contributed by atoms with Crippen LogP contribution in [0, 0.1) is 0 Å². The van der Waals surface area contributed by atoms with Gasteiger partial charge in [-0.3, -0.25) is 4.79 Å². The highest BCUT2D eigenvalue weighted by Crippen LogP contribution is 2.28. The second-order valence-corrected chi connectivity index (χ2v) is 4.38. The van der Waals surface area contributed by atoms with Crippen LogP contribution in [0.3, 0.4) is 0 Å². The second-order valence-electron chi connectivity index (χ2n) is 4.38. The predicted molar refractivity (Wildman–Crippen MR) is 63.9 cm³/mol. The fraction of sp³-hybridized carbons (Fsp3) is 0.357. The van der Waals surface area contributed by atoms with Gasteiger partial charge >= 0.3 is 0 Å². The number of hydrogen-bond acceptors (Lipinski definition) is 2. The van der Waals surface area contributed by atoms with Crippen molar-refractivity contribution in [3.05, 3.63) is 41.5 Å². The molecule has 0 N–H and O–H groups in total. The van der Waals surface area contributed by atoms with Crippen molar-refractivity contribution in [1.29, 1.82) is 0 Å². The third-order valence-electron chi connectivity index (χ3n) is 2.68. The van der Waals surface area contributed by atoms with Crippen LogP contribution in [0.4, 0.5) is 0 Å². The van der Waals surface area contributed by atoms with E-state index in [4.69, 9.17) is 4.74 Å².